The number of carboxylic acid groups (broad SMARTS) is 1. The third kappa shape index (κ3) is 9.87. The standard InChI is InChI=1S/C12H22N2O5/c1-11(2,3)19-10(18)13-7-8(15)14-12(4,5)6-9(16)17/h6-7H2,1-5H3,(H,13,18)(H,14,15)(H,16,17). The Labute approximate surface area is 112 Å². The van der Waals surface area contributed by atoms with E-state index in [-0.39, 0.29) is 13.0 Å². The molecule has 0 heterocycles. The average Bonchev–Trinajstić information content (AvgIpc) is 2.08. The van der Waals surface area contributed by atoms with E-state index in [2.05, 4.69) is 10.6 Å². The van der Waals surface area contributed by atoms with E-state index in [1.165, 1.54) is 0 Å². The summed E-state index contributed by atoms with van der Waals surface area (Å²) in [7, 11) is 0. The molecule has 0 aromatic heterocycles. The molecular formula is C12H22N2O5. The number of rotatable bonds is 5. The van der Waals surface area contributed by atoms with Crippen LogP contribution in [0.15, 0.2) is 0 Å². The first kappa shape index (κ1) is 17.2. The Morgan fingerprint density at radius 2 is 1.63 bits per heavy atom. The maximum absolute atomic E-state index is 11.5. The maximum atomic E-state index is 11.5. The van der Waals surface area contributed by atoms with Gasteiger partial charge in [0.1, 0.15) is 12.1 Å². The van der Waals surface area contributed by atoms with Crippen molar-refractivity contribution in [1.29, 1.82) is 0 Å². The first-order chi connectivity index (χ1) is 8.41. The van der Waals surface area contributed by atoms with Gasteiger partial charge in [-0.05, 0) is 34.6 Å². The molecule has 7 nitrogen and oxygen atoms in total. The Kier molecular flexibility index (Phi) is 5.80. The van der Waals surface area contributed by atoms with Crippen LogP contribution in [0.1, 0.15) is 41.0 Å². The van der Waals surface area contributed by atoms with E-state index in [0.29, 0.717) is 0 Å². The molecule has 7 heteroatoms. The molecule has 0 aliphatic heterocycles. The van der Waals surface area contributed by atoms with Gasteiger partial charge in [0.25, 0.3) is 0 Å². The molecule has 0 radical (unpaired) electrons. The molecule has 0 fully saturated rings. The molecular weight excluding hydrogens is 252 g/mol. The summed E-state index contributed by atoms with van der Waals surface area (Å²) in [6, 6.07) is 0. The highest BCUT2D eigenvalue weighted by atomic mass is 16.6. The SMILES string of the molecule is CC(C)(CC(=O)O)NC(=O)CNC(=O)OC(C)(C)C. The van der Waals surface area contributed by atoms with E-state index in [0.717, 1.165) is 0 Å². The number of hydrogen-bond acceptors (Lipinski definition) is 4. The Bertz CT molecular complexity index is 358. The van der Waals surface area contributed by atoms with Crippen molar-refractivity contribution in [2.75, 3.05) is 6.54 Å². The van der Waals surface area contributed by atoms with E-state index in [1.807, 2.05) is 0 Å². The zero-order chi connectivity index (χ0) is 15.3. The van der Waals surface area contributed by atoms with Gasteiger partial charge in [-0.25, -0.2) is 4.79 Å². The van der Waals surface area contributed by atoms with E-state index in [9.17, 15) is 14.4 Å². The third-order valence-corrected chi connectivity index (χ3v) is 1.86. The van der Waals surface area contributed by atoms with E-state index in [4.69, 9.17) is 9.84 Å². The molecule has 0 atom stereocenters. The third-order valence-electron chi connectivity index (χ3n) is 1.86. The van der Waals surface area contributed by atoms with E-state index >= 15 is 0 Å². The lowest BCUT2D eigenvalue weighted by molar-refractivity contribution is -0.138. The molecule has 0 rings (SSSR count). The normalized spacial score (nSPS) is 11.6. The first-order valence-electron chi connectivity index (χ1n) is 5.91. The van der Waals surface area contributed by atoms with Crippen molar-refractivity contribution in [2.45, 2.75) is 52.2 Å². The molecule has 0 bridgehead atoms. The number of ether oxygens (including phenoxy) is 1. The lowest BCUT2D eigenvalue weighted by Crippen LogP contribution is -2.49. The van der Waals surface area contributed by atoms with Crippen molar-refractivity contribution in [2.24, 2.45) is 0 Å². The summed E-state index contributed by atoms with van der Waals surface area (Å²) in [5.41, 5.74) is -1.51. The second-order valence-electron chi connectivity index (χ2n) is 5.86. The highest BCUT2D eigenvalue weighted by molar-refractivity contribution is 5.83. The minimum absolute atomic E-state index is 0.203. The topological polar surface area (TPSA) is 105 Å². The largest absolute Gasteiger partial charge is 0.481 e. The highest BCUT2D eigenvalue weighted by Crippen LogP contribution is 2.08. The fraction of sp³-hybridized carbons (Fsp3) is 0.750. The minimum atomic E-state index is -1.01. The second kappa shape index (κ2) is 6.40. The van der Waals surface area contributed by atoms with Crippen molar-refractivity contribution in [1.82, 2.24) is 10.6 Å². The van der Waals surface area contributed by atoms with Crippen LogP contribution in [0.3, 0.4) is 0 Å². The average molecular weight is 274 g/mol. The van der Waals surface area contributed by atoms with Crippen LogP contribution >= 0.6 is 0 Å². The maximum Gasteiger partial charge on any atom is 0.408 e. The molecule has 0 aromatic carbocycles. The molecule has 19 heavy (non-hydrogen) atoms. The number of aliphatic carboxylic acids is 1. The van der Waals surface area contributed by atoms with Crippen LogP contribution in [0.5, 0.6) is 0 Å². The number of carbonyl (C=O) groups is 3. The summed E-state index contributed by atoms with van der Waals surface area (Å²) >= 11 is 0. The van der Waals surface area contributed by atoms with Gasteiger partial charge in [0.05, 0.1) is 6.42 Å². The zero-order valence-electron chi connectivity index (χ0n) is 12.0. The molecule has 0 aromatic rings. The molecule has 0 unspecified atom stereocenters. The van der Waals surface area contributed by atoms with Crippen LogP contribution in [0.25, 0.3) is 0 Å². The fourth-order valence-electron chi connectivity index (χ4n) is 1.31. The molecule has 0 aliphatic carbocycles. The van der Waals surface area contributed by atoms with Crippen LogP contribution in [-0.4, -0.2) is 40.8 Å². The highest BCUT2D eigenvalue weighted by Gasteiger charge is 2.24. The number of nitrogens with one attached hydrogen (secondary N) is 2. The van der Waals surface area contributed by atoms with Crippen LogP contribution < -0.4 is 10.6 Å². The summed E-state index contributed by atoms with van der Waals surface area (Å²) in [4.78, 5) is 33.4. The molecule has 3 N–H and O–H groups in total. The van der Waals surface area contributed by atoms with Gasteiger partial charge in [-0.15, -0.1) is 0 Å². The lowest BCUT2D eigenvalue weighted by atomic mass is 10.0. The van der Waals surface area contributed by atoms with Gasteiger partial charge in [0, 0.05) is 5.54 Å². The van der Waals surface area contributed by atoms with Crippen molar-refractivity contribution in [3.05, 3.63) is 0 Å². The van der Waals surface area contributed by atoms with Crippen molar-refractivity contribution in [3.8, 4) is 0 Å². The smallest absolute Gasteiger partial charge is 0.408 e. The first-order valence-corrected chi connectivity index (χ1v) is 5.91. The number of alkyl carbamates (subject to hydrolysis) is 1. The van der Waals surface area contributed by atoms with E-state index in [1.54, 1.807) is 34.6 Å². The molecule has 110 valence electrons. The van der Waals surface area contributed by atoms with Gasteiger partial charge in [0.2, 0.25) is 5.91 Å². The van der Waals surface area contributed by atoms with Crippen molar-refractivity contribution in [3.63, 3.8) is 0 Å². The summed E-state index contributed by atoms with van der Waals surface area (Å²) in [5, 5.41) is 13.5. The quantitative estimate of drug-likeness (QED) is 0.690. The fourth-order valence-corrected chi connectivity index (χ4v) is 1.31. The van der Waals surface area contributed by atoms with Gasteiger partial charge in [-0.2, -0.15) is 0 Å². The Morgan fingerprint density at radius 3 is 2.05 bits per heavy atom. The summed E-state index contributed by atoms with van der Waals surface area (Å²) in [6.45, 7) is 8.05. The molecule has 2 amide bonds. The summed E-state index contributed by atoms with van der Waals surface area (Å²) in [6.07, 6.45) is -0.899. The Balaban J connectivity index is 4.13. The number of amides is 2. The Hall–Kier alpha value is -1.79. The molecule has 0 aliphatic rings. The summed E-state index contributed by atoms with van der Waals surface area (Å²) in [5.74, 6) is -1.48. The molecule has 0 saturated carbocycles. The van der Waals surface area contributed by atoms with Crippen LogP contribution in [0, 0.1) is 0 Å². The molecule has 0 saturated heterocycles. The predicted octanol–water partition coefficient (Wildman–Crippen LogP) is 0.881. The number of hydrogen-bond donors (Lipinski definition) is 3. The number of carbonyl (C=O) groups excluding carboxylic acids is 2. The minimum Gasteiger partial charge on any atom is -0.481 e. The molecule has 0 spiro atoms. The van der Waals surface area contributed by atoms with Gasteiger partial charge in [-0.3, -0.25) is 9.59 Å². The number of carboxylic acids is 1. The van der Waals surface area contributed by atoms with E-state index < -0.39 is 29.1 Å². The second-order valence-corrected chi connectivity index (χ2v) is 5.86. The van der Waals surface area contributed by atoms with Crippen LogP contribution in [0.2, 0.25) is 0 Å². The van der Waals surface area contributed by atoms with Crippen LogP contribution in [-0.2, 0) is 14.3 Å². The zero-order valence-corrected chi connectivity index (χ0v) is 12.0. The van der Waals surface area contributed by atoms with Crippen molar-refractivity contribution >= 4 is 18.0 Å². The van der Waals surface area contributed by atoms with Gasteiger partial charge in [-0.1, -0.05) is 0 Å². The van der Waals surface area contributed by atoms with Gasteiger partial charge < -0.3 is 20.5 Å². The van der Waals surface area contributed by atoms with Gasteiger partial charge >= 0.3 is 12.1 Å². The van der Waals surface area contributed by atoms with Gasteiger partial charge in [0.15, 0.2) is 0 Å². The lowest BCUT2D eigenvalue weighted by Gasteiger charge is -2.24. The van der Waals surface area contributed by atoms with Crippen LogP contribution in [0.4, 0.5) is 4.79 Å². The van der Waals surface area contributed by atoms with Crippen molar-refractivity contribution < 1.29 is 24.2 Å². The monoisotopic (exact) mass is 274 g/mol. The summed E-state index contributed by atoms with van der Waals surface area (Å²) < 4.78 is 4.96. The Morgan fingerprint density at radius 1 is 1.11 bits per heavy atom. The predicted molar refractivity (Wildman–Crippen MR) is 68.7 cm³/mol.